The molecule has 0 bridgehead atoms. The first-order valence-corrected chi connectivity index (χ1v) is 17.9. The van der Waals surface area contributed by atoms with Crippen LogP contribution in [0, 0.1) is 0 Å². The smallest absolute Gasteiger partial charge is 0.333 e. The summed E-state index contributed by atoms with van der Waals surface area (Å²) in [5.74, 6) is -0.942. The number of ether oxygens (including phenoxy) is 1. The fourth-order valence-corrected chi connectivity index (χ4v) is 9.05. The van der Waals surface area contributed by atoms with Gasteiger partial charge in [-0.15, -0.1) is 0 Å². The normalized spacial score (nSPS) is 16.4. The number of thioether (sulfide) groups is 2. The maximum absolute atomic E-state index is 14.3. The first-order valence-electron chi connectivity index (χ1n) is 16.2. The Morgan fingerprint density at radius 2 is 1.52 bits per heavy atom. The Bertz CT molecular complexity index is 2240. The molecule has 0 saturated carbocycles. The zero-order valence-corrected chi connectivity index (χ0v) is 29.1. The molecule has 10 heteroatoms. The minimum Gasteiger partial charge on any atom is -0.494 e. The van der Waals surface area contributed by atoms with Crippen LogP contribution in [0.1, 0.15) is 31.7 Å². The molecule has 2 aliphatic rings. The molecule has 8 nitrogen and oxygen atoms in total. The van der Waals surface area contributed by atoms with Crippen LogP contribution in [0.15, 0.2) is 114 Å². The molecule has 1 unspecified atom stereocenters. The summed E-state index contributed by atoms with van der Waals surface area (Å²) in [4.78, 5) is 34.5. The highest BCUT2D eigenvalue weighted by atomic mass is 32.2. The zero-order chi connectivity index (χ0) is 33.5. The molecule has 5 aromatic rings. The fourth-order valence-electron chi connectivity index (χ4n) is 6.67. The second-order valence-electron chi connectivity index (χ2n) is 12.0. The van der Waals surface area contributed by atoms with Gasteiger partial charge in [-0.2, -0.15) is 0 Å². The van der Waals surface area contributed by atoms with E-state index in [4.69, 9.17) is 4.74 Å². The van der Waals surface area contributed by atoms with E-state index >= 15 is 0 Å². The minimum absolute atomic E-state index is 0.0883. The van der Waals surface area contributed by atoms with E-state index in [0.29, 0.717) is 6.42 Å². The van der Waals surface area contributed by atoms with Crippen molar-refractivity contribution < 1.29 is 9.84 Å². The number of hydrogen-bond donors (Lipinski definition) is 1. The number of hydrogen-bond acceptors (Lipinski definition) is 8. The van der Waals surface area contributed by atoms with Crippen molar-refractivity contribution in [2.45, 2.75) is 49.1 Å². The first-order chi connectivity index (χ1) is 23.3. The molecule has 2 aliphatic heterocycles. The third-order valence-corrected chi connectivity index (χ3v) is 11.3. The molecule has 1 aromatic heterocycles. The lowest BCUT2D eigenvalue weighted by Gasteiger charge is -2.23. The highest BCUT2D eigenvalue weighted by Gasteiger charge is 2.31. The van der Waals surface area contributed by atoms with E-state index in [0.717, 1.165) is 53.9 Å². The Morgan fingerprint density at radius 3 is 2.25 bits per heavy atom. The van der Waals surface area contributed by atoms with E-state index in [1.54, 1.807) is 30.6 Å². The van der Waals surface area contributed by atoms with Gasteiger partial charge in [-0.1, -0.05) is 85.0 Å². The molecular weight excluding hydrogens is 641 g/mol. The maximum atomic E-state index is 14.3. The standard InChI is InChI=1S/C38H38N4O4S2/c1-5-17-41-36(43)34(37(44)42(38(41)45)18-19-46-4)27(22-32-39(3)35-28-14-10-9-11-24(28)15-16-30(35)47-32)23-33-40(6-2)29-20-25-12-7-8-13-26(25)21-31(29)48-33/h7-16,20-23,27,43H,5-6,17-19H2,1-4H3. The van der Waals surface area contributed by atoms with Crippen molar-refractivity contribution in [2.75, 3.05) is 37.1 Å². The average molecular weight is 679 g/mol. The molecule has 0 saturated heterocycles. The van der Waals surface area contributed by atoms with E-state index in [2.05, 4.69) is 77.4 Å². The molecule has 0 fully saturated rings. The molecule has 1 N–H and O–H groups in total. The number of fused-ring (bicyclic) bond motifs is 5. The molecular formula is C38H38N4O4S2. The number of rotatable bonds is 9. The van der Waals surface area contributed by atoms with Crippen LogP contribution in [0.2, 0.25) is 0 Å². The van der Waals surface area contributed by atoms with Gasteiger partial charge in [0.15, 0.2) is 0 Å². The van der Waals surface area contributed by atoms with Gasteiger partial charge in [0.05, 0.1) is 40.1 Å². The predicted octanol–water partition coefficient (Wildman–Crippen LogP) is 7.72. The Kier molecular flexibility index (Phi) is 8.89. The van der Waals surface area contributed by atoms with Crippen molar-refractivity contribution in [3.05, 3.63) is 121 Å². The summed E-state index contributed by atoms with van der Waals surface area (Å²) in [5.41, 5.74) is 1.35. The molecule has 1 atom stereocenters. The van der Waals surface area contributed by atoms with E-state index in [-0.39, 0.29) is 31.1 Å². The lowest BCUT2D eigenvalue weighted by molar-refractivity contribution is 0.183. The zero-order valence-electron chi connectivity index (χ0n) is 27.5. The van der Waals surface area contributed by atoms with Crippen molar-refractivity contribution in [2.24, 2.45) is 0 Å². The minimum atomic E-state index is -0.652. The van der Waals surface area contributed by atoms with Crippen LogP contribution in [0.3, 0.4) is 0 Å². The van der Waals surface area contributed by atoms with E-state index in [1.807, 2.05) is 38.2 Å². The number of aromatic hydroxyl groups is 1. The quantitative estimate of drug-likeness (QED) is 0.170. The van der Waals surface area contributed by atoms with Crippen LogP contribution in [0.4, 0.5) is 11.4 Å². The Balaban J connectivity index is 1.42. The summed E-state index contributed by atoms with van der Waals surface area (Å²) in [7, 11) is 3.58. The number of nitrogens with zero attached hydrogens (tertiary/aromatic N) is 4. The van der Waals surface area contributed by atoms with Crippen molar-refractivity contribution in [1.29, 1.82) is 0 Å². The third kappa shape index (κ3) is 5.51. The first kappa shape index (κ1) is 32.2. The van der Waals surface area contributed by atoms with Gasteiger partial charge < -0.3 is 19.6 Å². The van der Waals surface area contributed by atoms with Gasteiger partial charge >= 0.3 is 5.69 Å². The molecule has 4 aromatic carbocycles. The molecule has 0 spiro atoms. The summed E-state index contributed by atoms with van der Waals surface area (Å²) >= 11 is 3.30. The van der Waals surface area contributed by atoms with Crippen molar-refractivity contribution in [3.8, 4) is 5.88 Å². The number of allylic oxidation sites excluding steroid dienone is 2. The van der Waals surface area contributed by atoms with Crippen LogP contribution in [0.5, 0.6) is 5.88 Å². The molecule has 7 rings (SSSR count). The highest BCUT2D eigenvalue weighted by molar-refractivity contribution is 8.04. The summed E-state index contributed by atoms with van der Waals surface area (Å²) in [6, 6.07) is 25.4. The maximum Gasteiger partial charge on any atom is 0.333 e. The van der Waals surface area contributed by atoms with Crippen molar-refractivity contribution in [3.63, 3.8) is 0 Å². The van der Waals surface area contributed by atoms with Crippen LogP contribution < -0.4 is 21.0 Å². The Morgan fingerprint density at radius 1 is 0.833 bits per heavy atom. The lowest BCUT2D eigenvalue weighted by atomic mass is 10.00. The molecule has 246 valence electrons. The van der Waals surface area contributed by atoms with Gasteiger partial charge in [0.25, 0.3) is 5.56 Å². The van der Waals surface area contributed by atoms with Crippen molar-refractivity contribution >= 4 is 56.4 Å². The Labute approximate surface area is 287 Å². The summed E-state index contributed by atoms with van der Waals surface area (Å²) in [6.45, 7) is 5.35. The van der Waals surface area contributed by atoms with E-state index < -0.39 is 17.2 Å². The van der Waals surface area contributed by atoms with Gasteiger partial charge in [0, 0.05) is 48.3 Å². The van der Waals surface area contributed by atoms with Gasteiger partial charge in [-0.25, -0.2) is 4.79 Å². The number of methoxy groups -OCH3 is 1. The van der Waals surface area contributed by atoms with Crippen LogP contribution in [0.25, 0.3) is 21.5 Å². The molecule has 0 amide bonds. The average Bonchev–Trinajstić information content (AvgIpc) is 3.60. The number of aromatic nitrogens is 2. The van der Waals surface area contributed by atoms with Gasteiger partial charge in [-0.3, -0.25) is 13.9 Å². The molecule has 0 aliphatic carbocycles. The lowest BCUT2D eigenvalue weighted by Crippen LogP contribution is -2.43. The molecule has 48 heavy (non-hydrogen) atoms. The monoisotopic (exact) mass is 678 g/mol. The second kappa shape index (κ2) is 13.3. The largest absolute Gasteiger partial charge is 0.494 e. The molecule has 3 heterocycles. The van der Waals surface area contributed by atoms with Gasteiger partial charge in [0.1, 0.15) is 0 Å². The summed E-state index contributed by atoms with van der Waals surface area (Å²) in [6.07, 6.45) is 4.74. The second-order valence-corrected chi connectivity index (χ2v) is 14.1. The third-order valence-electron chi connectivity index (χ3n) is 9.04. The Hall–Kier alpha value is -4.38. The summed E-state index contributed by atoms with van der Waals surface area (Å²) in [5, 5.41) is 18.3. The SMILES string of the molecule is CCCn1c(O)c(C(C=C2Sc3ccc4ccccc4c3N2C)C=C2Sc3cc4ccccc4cc3N2CC)c(=O)n(CCOC)c1=O. The summed E-state index contributed by atoms with van der Waals surface area (Å²) < 4.78 is 7.79. The van der Waals surface area contributed by atoms with Gasteiger partial charge in [-0.05, 0) is 59.9 Å². The van der Waals surface area contributed by atoms with Crippen LogP contribution >= 0.6 is 23.5 Å². The van der Waals surface area contributed by atoms with E-state index in [9.17, 15) is 14.7 Å². The topological polar surface area (TPSA) is 79.9 Å². The highest BCUT2D eigenvalue weighted by Crippen LogP contribution is 2.51. The van der Waals surface area contributed by atoms with E-state index in [1.165, 1.54) is 14.5 Å². The van der Waals surface area contributed by atoms with Crippen molar-refractivity contribution in [1.82, 2.24) is 9.13 Å². The predicted molar refractivity (Wildman–Crippen MR) is 199 cm³/mol. The fraction of sp³-hybridized carbons (Fsp3) is 0.263. The number of anilines is 2. The van der Waals surface area contributed by atoms with Crippen LogP contribution in [-0.2, 0) is 17.8 Å². The number of benzene rings is 4. The van der Waals surface area contributed by atoms with Gasteiger partial charge in [0.2, 0.25) is 5.88 Å². The van der Waals surface area contributed by atoms with Crippen LogP contribution in [-0.4, -0.2) is 41.5 Å². The molecule has 0 radical (unpaired) electrons.